The van der Waals surface area contributed by atoms with Crippen molar-refractivity contribution in [2.75, 3.05) is 31.1 Å². The number of fused-ring (bicyclic) bond motifs is 4. The fourth-order valence-corrected chi connectivity index (χ4v) is 4.58. The van der Waals surface area contributed by atoms with Crippen molar-refractivity contribution in [2.24, 2.45) is 10.7 Å². The van der Waals surface area contributed by atoms with E-state index in [1.165, 1.54) is 31.6 Å². The van der Waals surface area contributed by atoms with Crippen LogP contribution in [0, 0.1) is 6.92 Å². The van der Waals surface area contributed by atoms with E-state index < -0.39 is 0 Å². The minimum atomic E-state index is 0.447. The molecule has 0 unspecified atom stereocenters. The van der Waals surface area contributed by atoms with Gasteiger partial charge in [-0.3, -0.25) is 0 Å². The molecule has 0 saturated carbocycles. The molecule has 0 aliphatic carbocycles. The molecule has 3 saturated heterocycles. The molecule has 7 heteroatoms. The van der Waals surface area contributed by atoms with Gasteiger partial charge >= 0.3 is 0 Å². The van der Waals surface area contributed by atoms with E-state index >= 15 is 0 Å². The Morgan fingerprint density at radius 1 is 1.28 bits per heavy atom. The van der Waals surface area contributed by atoms with Crippen LogP contribution >= 0.6 is 24.0 Å². The summed E-state index contributed by atoms with van der Waals surface area (Å²) in [7, 11) is 0. The van der Waals surface area contributed by atoms with Gasteiger partial charge in [0.05, 0.1) is 5.69 Å². The van der Waals surface area contributed by atoms with Crippen LogP contribution in [0.3, 0.4) is 0 Å². The molecule has 3 fully saturated rings. The van der Waals surface area contributed by atoms with Crippen molar-refractivity contribution in [3.8, 4) is 0 Å². The van der Waals surface area contributed by atoms with Crippen molar-refractivity contribution in [3.63, 3.8) is 0 Å². The van der Waals surface area contributed by atoms with Gasteiger partial charge in [0.25, 0.3) is 0 Å². The number of aromatic nitrogens is 1. The van der Waals surface area contributed by atoms with Gasteiger partial charge in [-0.05, 0) is 38.0 Å². The summed E-state index contributed by atoms with van der Waals surface area (Å²) >= 11 is 6.21. The number of rotatable bonds is 3. The molecule has 5 nitrogen and oxygen atoms in total. The largest absolute Gasteiger partial charge is 0.381 e. The summed E-state index contributed by atoms with van der Waals surface area (Å²) in [5.41, 5.74) is 8.14. The molecule has 2 aromatic rings. The van der Waals surface area contributed by atoms with Gasteiger partial charge in [-0.25, -0.2) is 9.98 Å². The Hall–Kier alpha value is -1.57. The van der Waals surface area contributed by atoms with E-state index in [1.54, 1.807) is 11.3 Å². The standard InChI is InChI=1S/C18H23N5S2/c1-12-11-20-18(25-12)17(19)21-15-3-2-14(10-16(15)24)23-9-8-22-6-4-13(23)5-7-22/h2-3,10-11,13,24H,4-9H2,1H3,(H2,19,21). The first-order valence-electron chi connectivity index (χ1n) is 8.69. The Morgan fingerprint density at radius 3 is 2.76 bits per heavy atom. The maximum Gasteiger partial charge on any atom is 0.160 e. The van der Waals surface area contributed by atoms with Crippen molar-refractivity contribution in [3.05, 3.63) is 34.3 Å². The van der Waals surface area contributed by atoms with E-state index in [0.717, 1.165) is 33.6 Å². The fourth-order valence-electron chi connectivity index (χ4n) is 3.66. The van der Waals surface area contributed by atoms with Crippen molar-refractivity contribution in [1.82, 2.24) is 9.88 Å². The Morgan fingerprint density at radius 2 is 2.08 bits per heavy atom. The van der Waals surface area contributed by atoms with Crippen LogP contribution in [-0.2, 0) is 0 Å². The number of nitrogens with two attached hydrogens (primary N) is 1. The van der Waals surface area contributed by atoms with Crippen LogP contribution in [0.2, 0.25) is 0 Å². The molecule has 0 spiro atoms. The first kappa shape index (κ1) is 16.9. The number of thiol groups is 1. The van der Waals surface area contributed by atoms with Crippen molar-refractivity contribution < 1.29 is 0 Å². The molecule has 2 bridgehead atoms. The van der Waals surface area contributed by atoms with Gasteiger partial charge in [-0.1, -0.05) is 0 Å². The van der Waals surface area contributed by atoms with E-state index in [2.05, 4.69) is 44.5 Å². The second-order valence-corrected chi connectivity index (χ2v) is 8.43. The van der Waals surface area contributed by atoms with Crippen LogP contribution in [0.15, 0.2) is 34.3 Å². The number of amidine groups is 1. The molecular weight excluding hydrogens is 350 g/mol. The molecule has 3 aliphatic rings. The molecule has 1 aromatic heterocycles. The van der Waals surface area contributed by atoms with E-state index in [9.17, 15) is 0 Å². The smallest absolute Gasteiger partial charge is 0.160 e. The number of anilines is 1. The van der Waals surface area contributed by atoms with Crippen LogP contribution in [0.5, 0.6) is 0 Å². The van der Waals surface area contributed by atoms with Crippen LogP contribution in [0.25, 0.3) is 0 Å². The number of hydrogen-bond acceptors (Lipinski definition) is 6. The monoisotopic (exact) mass is 373 g/mol. The molecule has 0 amide bonds. The zero-order valence-corrected chi connectivity index (χ0v) is 16.1. The molecule has 25 heavy (non-hydrogen) atoms. The highest BCUT2D eigenvalue weighted by molar-refractivity contribution is 7.80. The van der Waals surface area contributed by atoms with Gasteiger partial charge in [0, 0.05) is 53.9 Å². The highest BCUT2D eigenvalue weighted by atomic mass is 32.1. The quantitative estimate of drug-likeness (QED) is 0.493. The minimum absolute atomic E-state index is 0.447. The third kappa shape index (κ3) is 3.54. The summed E-state index contributed by atoms with van der Waals surface area (Å²) in [4.78, 5) is 15.9. The average molecular weight is 374 g/mol. The van der Waals surface area contributed by atoms with Gasteiger partial charge in [-0.15, -0.1) is 24.0 Å². The summed E-state index contributed by atoms with van der Waals surface area (Å²) in [5.74, 6) is 0.447. The summed E-state index contributed by atoms with van der Waals surface area (Å²) < 4.78 is 0. The lowest BCUT2D eigenvalue weighted by Crippen LogP contribution is -2.37. The van der Waals surface area contributed by atoms with E-state index in [0.29, 0.717) is 11.9 Å². The highest BCUT2D eigenvalue weighted by Gasteiger charge is 2.29. The zero-order chi connectivity index (χ0) is 17.4. The summed E-state index contributed by atoms with van der Waals surface area (Å²) in [6.07, 6.45) is 4.31. The number of piperidine rings is 1. The third-order valence-corrected chi connectivity index (χ3v) is 6.32. The average Bonchev–Trinajstić information content (AvgIpc) is 2.84. The number of thiazole rings is 1. The Balaban J connectivity index is 1.58. The minimum Gasteiger partial charge on any atom is -0.381 e. The number of benzene rings is 1. The van der Waals surface area contributed by atoms with Gasteiger partial charge in [0.1, 0.15) is 0 Å². The van der Waals surface area contributed by atoms with Gasteiger partial charge in [-0.2, -0.15) is 0 Å². The molecule has 0 radical (unpaired) electrons. The van der Waals surface area contributed by atoms with Gasteiger partial charge in [0.15, 0.2) is 10.8 Å². The second kappa shape index (κ2) is 6.97. The topological polar surface area (TPSA) is 57.8 Å². The van der Waals surface area contributed by atoms with Gasteiger partial charge in [0.2, 0.25) is 0 Å². The lowest BCUT2D eigenvalue weighted by Gasteiger charge is -2.33. The van der Waals surface area contributed by atoms with Crippen LogP contribution in [-0.4, -0.2) is 47.9 Å². The van der Waals surface area contributed by atoms with Crippen molar-refractivity contribution >= 4 is 41.2 Å². The molecule has 2 N–H and O–H groups in total. The number of nitrogens with zero attached hydrogens (tertiary/aromatic N) is 4. The van der Waals surface area contributed by atoms with Crippen molar-refractivity contribution in [2.45, 2.75) is 30.7 Å². The maximum absolute atomic E-state index is 6.11. The number of aryl methyl sites for hydroxylation is 1. The summed E-state index contributed by atoms with van der Waals surface area (Å²) in [6, 6.07) is 6.93. The highest BCUT2D eigenvalue weighted by Crippen LogP contribution is 2.32. The van der Waals surface area contributed by atoms with Crippen molar-refractivity contribution in [1.29, 1.82) is 0 Å². The summed E-state index contributed by atoms with van der Waals surface area (Å²) in [6.45, 7) is 6.69. The van der Waals surface area contributed by atoms with Gasteiger partial charge < -0.3 is 15.5 Å². The SMILES string of the molecule is Cc1cnc(C(N)=Nc2ccc(N3CCN4CCC3CC4)cc2S)s1. The Labute approximate surface area is 158 Å². The van der Waals surface area contributed by atoms with E-state index in [1.807, 2.05) is 19.2 Å². The predicted molar refractivity (Wildman–Crippen MR) is 108 cm³/mol. The molecule has 0 atom stereocenters. The predicted octanol–water partition coefficient (Wildman–Crippen LogP) is 3.06. The van der Waals surface area contributed by atoms with Crippen LogP contribution in [0.4, 0.5) is 11.4 Å². The summed E-state index contributed by atoms with van der Waals surface area (Å²) in [5, 5.41) is 0.757. The van der Waals surface area contributed by atoms with E-state index in [-0.39, 0.29) is 0 Å². The lowest BCUT2D eigenvalue weighted by molar-refractivity contribution is 0.250. The fraction of sp³-hybridized carbons (Fsp3) is 0.444. The second-order valence-electron chi connectivity index (χ2n) is 6.71. The molecular formula is C18H23N5S2. The first-order valence-corrected chi connectivity index (χ1v) is 9.95. The molecule has 1 aromatic carbocycles. The third-order valence-electron chi connectivity index (χ3n) is 5.03. The van der Waals surface area contributed by atoms with Crippen LogP contribution in [0.1, 0.15) is 22.7 Å². The van der Waals surface area contributed by atoms with E-state index in [4.69, 9.17) is 5.73 Å². The molecule has 3 aliphatic heterocycles. The normalized spacial score (nSPS) is 23.8. The molecule has 5 rings (SSSR count). The maximum atomic E-state index is 6.11. The molecule has 4 heterocycles. The first-order chi connectivity index (χ1) is 12.1. The Kier molecular flexibility index (Phi) is 4.71. The zero-order valence-electron chi connectivity index (χ0n) is 14.4. The lowest BCUT2D eigenvalue weighted by atomic mass is 10.0. The number of aliphatic imine (C=N–C) groups is 1. The van der Waals surface area contributed by atoms with Crippen LogP contribution < -0.4 is 10.6 Å². The Bertz CT molecular complexity index is 793. The number of hydrogen-bond donors (Lipinski definition) is 2. The molecule has 132 valence electrons.